The second-order valence-electron chi connectivity index (χ2n) is 5.05. The normalized spacial score (nSPS) is 11.7. The maximum absolute atomic E-state index is 9.58. The first-order valence-electron chi connectivity index (χ1n) is 6.85. The number of ether oxygens (including phenoxy) is 1. The van der Waals surface area contributed by atoms with E-state index in [-0.39, 0.29) is 12.0 Å². The molecule has 0 aromatic heterocycles. The Balaban J connectivity index is 2.75. The highest BCUT2D eigenvalue weighted by molar-refractivity contribution is 9.11. The van der Waals surface area contributed by atoms with Gasteiger partial charge in [0.1, 0.15) is 5.75 Å². The number of rotatable bonds is 8. The van der Waals surface area contributed by atoms with Crippen LogP contribution in [0.25, 0.3) is 0 Å². The summed E-state index contributed by atoms with van der Waals surface area (Å²) >= 11 is 7.00. The van der Waals surface area contributed by atoms with Gasteiger partial charge in [-0.25, -0.2) is 0 Å². The van der Waals surface area contributed by atoms with E-state index in [1.165, 1.54) is 0 Å². The van der Waals surface area contributed by atoms with Gasteiger partial charge in [-0.15, -0.1) is 0 Å². The summed E-state index contributed by atoms with van der Waals surface area (Å²) in [7, 11) is 1.67. The van der Waals surface area contributed by atoms with Crippen LogP contribution in [-0.4, -0.2) is 25.4 Å². The lowest BCUT2D eigenvalue weighted by atomic mass is 9.83. The molecular formula is C15H23Br2NO2. The van der Waals surface area contributed by atoms with Gasteiger partial charge in [0.2, 0.25) is 0 Å². The predicted octanol–water partition coefficient (Wildman–Crippen LogP) is 4.11. The van der Waals surface area contributed by atoms with Crippen molar-refractivity contribution in [1.82, 2.24) is 5.32 Å². The molecule has 1 aromatic rings. The summed E-state index contributed by atoms with van der Waals surface area (Å²) in [5.41, 5.74) is 1.06. The molecule has 0 amide bonds. The van der Waals surface area contributed by atoms with Crippen LogP contribution in [0.1, 0.15) is 32.3 Å². The van der Waals surface area contributed by atoms with Crippen molar-refractivity contribution in [3.05, 3.63) is 26.6 Å². The van der Waals surface area contributed by atoms with Crippen molar-refractivity contribution in [1.29, 1.82) is 0 Å². The third kappa shape index (κ3) is 4.45. The lowest BCUT2D eigenvalue weighted by Crippen LogP contribution is -2.36. The van der Waals surface area contributed by atoms with Gasteiger partial charge in [0.05, 0.1) is 11.6 Å². The first-order valence-corrected chi connectivity index (χ1v) is 8.44. The standard InChI is InChI=1S/C15H23Br2NO2/c1-4-15(5-2,10-19)9-18-8-11-6-12(16)7-13(17)14(11)20-3/h6-7,18-19H,4-5,8-10H2,1-3H3. The molecule has 5 heteroatoms. The first-order chi connectivity index (χ1) is 9.51. The van der Waals surface area contributed by atoms with Crippen LogP contribution in [0.15, 0.2) is 21.1 Å². The smallest absolute Gasteiger partial charge is 0.137 e. The average molecular weight is 409 g/mol. The molecule has 0 saturated heterocycles. The van der Waals surface area contributed by atoms with Crippen LogP contribution in [0.3, 0.4) is 0 Å². The zero-order valence-electron chi connectivity index (χ0n) is 12.3. The Labute approximate surface area is 138 Å². The van der Waals surface area contributed by atoms with Crippen LogP contribution >= 0.6 is 31.9 Å². The molecule has 0 aliphatic heterocycles. The molecule has 2 N–H and O–H groups in total. The molecule has 0 atom stereocenters. The van der Waals surface area contributed by atoms with E-state index in [0.29, 0.717) is 6.54 Å². The minimum absolute atomic E-state index is 0.0313. The third-order valence-electron chi connectivity index (χ3n) is 3.94. The molecule has 0 fully saturated rings. The molecular weight excluding hydrogens is 386 g/mol. The summed E-state index contributed by atoms with van der Waals surface area (Å²) in [6.07, 6.45) is 1.93. The Hall–Kier alpha value is -0.100. The van der Waals surface area contributed by atoms with E-state index in [9.17, 15) is 5.11 Å². The third-order valence-corrected chi connectivity index (χ3v) is 4.99. The number of hydrogen-bond acceptors (Lipinski definition) is 3. The number of hydrogen-bond donors (Lipinski definition) is 2. The van der Waals surface area contributed by atoms with Crippen LogP contribution in [0.2, 0.25) is 0 Å². The topological polar surface area (TPSA) is 41.5 Å². The summed E-state index contributed by atoms with van der Waals surface area (Å²) in [5.74, 6) is 0.850. The van der Waals surface area contributed by atoms with Gasteiger partial charge in [0.15, 0.2) is 0 Å². The minimum atomic E-state index is -0.0313. The zero-order chi connectivity index (χ0) is 15.2. The van der Waals surface area contributed by atoms with Gasteiger partial charge >= 0.3 is 0 Å². The quantitative estimate of drug-likeness (QED) is 0.680. The van der Waals surface area contributed by atoms with Gasteiger partial charge < -0.3 is 15.2 Å². The van der Waals surface area contributed by atoms with Crippen LogP contribution in [0, 0.1) is 5.41 Å². The molecule has 20 heavy (non-hydrogen) atoms. The highest BCUT2D eigenvalue weighted by Crippen LogP contribution is 2.33. The lowest BCUT2D eigenvalue weighted by molar-refractivity contribution is 0.113. The fourth-order valence-corrected chi connectivity index (χ4v) is 3.69. The van der Waals surface area contributed by atoms with Crippen molar-refractivity contribution in [3.8, 4) is 5.75 Å². The Kier molecular flexibility index (Phi) is 7.51. The summed E-state index contributed by atoms with van der Waals surface area (Å²) in [5, 5.41) is 13.0. The SMILES string of the molecule is CCC(CC)(CO)CNCc1cc(Br)cc(Br)c1OC. The average Bonchev–Trinajstić information content (AvgIpc) is 2.44. The van der Waals surface area contributed by atoms with Gasteiger partial charge in [-0.05, 0) is 40.9 Å². The van der Waals surface area contributed by atoms with E-state index in [2.05, 4.69) is 57.1 Å². The maximum Gasteiger partial charge on any atom is 0.137 e. The van der Waals surface area contributed by atoms with Gasteiger partial charge in [-0.3, -0.25) is 0 Å². The zero-order valence-corrected chi connectivity index (χ0v) is 15.5. The van der Waals surface area contributed by atoms with E-state index in [0.717, 1.165) is 39.6 Å². The van der Waals surface area contributed by atoms with Crippen molar-refractivity contribution in [2.45, 2.75) is 33.2 Å². The minimum Gasteiger partial charge on any atom is -0.495 e. The van der Waals surface area contributed by atoms with Gasteiger partial charge in [0, 0.05) is 35.1 Å². The van der Waals surface area contributed by atoms with Gasteiger partial charge in [-0.1, -0.05) is 29.8 Å². The number of benzene rings is 1. The molecule has 1 rings (SSSR count). The number of aliphatic hydroxyl groups excluding tert-OH is 1. The van der Waals surface area contributed by atoms with Crippen LogP contribution in [0.4, 0.5) is 0 Å². The summed E-state index contributed by atoms with van der Waals surface area (Å²) in [6.45, 7) is 5.97. The molecule has 0 aliphatic carbocycles. The predicted molar refractivity (Wildman–Crippen MR) is 90.2 cm³/mol. The molecule has 0 saturated carbocycles. The van der Waals surface area contributed by atoms with Gasteiger partial charge in [0.25, 0.3) is 0 Å². The Morgan fingerprint density at radius 3 is 2.40 bits per heavy atom. The summed E-state index contributed by atoms with van der Waals surface area (Å²) in [6, 6.07) is 4.02. The molecule has 0 heterocycles. The fourth-order valence-electron chi connectivity index (χ4n) is 2.22. The Bertz CT molecular complexity index is 426. The van der Waals surface area contributed by atoms with Crippen molar-refractivity contribution >= 4 is 31.9 Å². The Morgan fingerprint density at radius 2 is 1.90 bits per heavy atom. The molecule has 3 nitrogen and oxygen atoms in total. The highest BCUT2D eigenvalue weighted by Gasteiger charge is 2.24. The summed E-state index contributed by atoms with van der Waals surface area (Å²) in [4.78, 5) is 0. The fraction of sp³-hybridized carbons (Fsp3) is 0.600. The van der Waals surface area contributed by atoms with Crippen LogP contribution < -0.4 is 10.1 Å². The molecule has 1 aromatic carbocycles. The molecule has 114 valence electrons. The molecule has 0 unspecified atom stereocenters. The van der Waals surface area contributed by atoms with Crippen LogP contribution in [-0.2, 0) is 6.54 Å². The maximum atomic E-state index is 9.58. The molecule has 0 spiro atoms. The van der Waals surface area contributed by atoms with Crippen molar-refractivity contribution in [2.24, 2.45) is 5.41 Å². The lowest BCUT2D eigenvalue weighted by Gasteiger charge is -2.29. The van der Waals surface area contributed by atoms with E-state index in [1.54, 1.807) is 7.11 Å². The monoisotopic (exact) mass is 407 g/mol. The number of halogens is 2. The van der Waals surface area contributed by atoms with E-state index >= 15 is 0 Å². The van der Waals surface area contributed by atoms with Crippen molar-refractivity contribution in [3.63, 3.8) is 0 Å². The van der Waals surface area contributed by atoms with Crippen LogP contribution in [0.5, 0.6) is 5.75 Å². The van der Waals surface area contributed by atoms with E-state index in [4.69, 9.17) is 4.74 Å². The van der Waals surface area contributed by atoms with E-state index in [1.807, 2.05) is 6.07 Å². The second kappa shape index (κ2) is 8.37. The largest absolute Gasteiger partial charge is 0.495 e. The molecule has 0 radical (unpaired) electrons. The first kappa shape index (κ1) is 18.0. The molecule has 0 bridgehead atoms. The number of nitrogens with one attached hydrogen (secondary N) is 1. The second-order valence-corrected chi connectivity index (χ2v) is 6.82. The van der Waals surface area contributed by atoms with E-state index < -0.39 is 0 Å². The number of methoxy groups -OCH3 is 1. The van der Waals surface area contributed by atoms with Crippen molar-refractivity contribution in [2.75, 3.05) is 20.3 Å². The highest BCUT2D eigenvalue weighted by atomic mass is 79.9. The Morgan fingerprint density at radius 1 is 1.25 bits per heavy atom. The van der Waals surface area contributed by atoms with Gasteiger partial charge in [-0.2, -0.15) is 0 Å². The molecule has 0 aliphatic rings. The van der Waals surface area contributed by atoms with Crippen molar-refractivity contribution < 1.29 is 9.84 Å². The number of aliphatic hydroxyl groups is 1. The summed E-state index contributed by atoms with van der Waals surface area (Å²) < 4.78 is 7.39.